The van der Waals surface area contributed by atoms with E-state index in [9.17, 15) is 4.79 Å². The molecule has 5 nitrogen and oxygen atoms in total. The molecule has 0 unspecified atom stereocenters. The molecule has 0 atom stereocenters. The predicted molar refractivity (Wildman–Crippen MR) is 76.2 cm³/mol. The highest BCUT2D eigenvalue weighted by Gasteiger charge is 2.06. The van der Waals surface area contributed by atoms with Gasteiger partial charge in [0.25, 0.3) is 5.91 Å². The zero-order valence-electron chi connectivity index (χ0n) is 10.6. The number of carbonyl (C=O) groups excluding carboxylic acids is 1. The summed E-state index contributed by atoms with van der Waals surface area (Å²) in [5, 5.41) is 9.17. The third-order valence-electron chi connectivity index (χ3n) is 2.92. The van der Waals surface area contributed by atoms with Crippen molar-refractivity contribution in [3.63, 3.8) is 0 Å². The number of amides is 1. The Labute approximate surface area is 115 Å². The fourth-order valence-corrected chi connectivity index (χ4v) is 1.87. The van der Waals surface area contributed by atoms with E-state index in [1.54, 1.807) is 18.6 Å². The van der Waals surface area contributed by atoms with Gasteiger partial charge in [-0.05, 0) is 35.4 Å². The van der Waals surface area contributed by atoms with E-state index in [1.807, 2.05) is 36.4 Å². The molecule has 1 aromatic carbocycles. The molecule has 0 aliphatic rings. The largest absolute Gasteiger partial charge is 0.322 e. The van der Waals surface area contributed by atoms with Gasteiger partial charge in [-0.3, -0.25) is 14.9 Å². The molecule has 20 heavy (non-hydrogen) atoms. The van der Waals surface area contributed by atoms with E-state index in [-0.39, 0.29) is 5.91 Å². The van der Waals surface area contributed by atoms with Gasteiger partial charge in [-0.25, -0.2) is 0 Å². The number of aromatic amines is 1. The van der Waals surface area contributed by atoms with Crippen molar-refractivity contribution >= 4 is 11.6 Å². The third-order valence-corrected chi connectivity index (χ3v) is 2.92. The lowest BCUT2D eigenvalue weighted by molar-refractivity contribution is 0.102. The second kappa shape index (κ2) is 5.36. The minimum Gasteiger partial charge on any atom is -0.322 e. The quantitative estimate of drug-likeness (QED) is 0.764. The smallest absolute Gasteiger partial charge is 0.258 e. The molecule has 2 aromatic heterocycles. The summed E-state index contributed by atoms with van der Waals surface area (Å²) in [6, 6.07) is 11.5. The number of benzene rings is 1. The molecule has 0 aliphatic heterocycles. The van der Waals surface area contributed by atoms with E-state index in [0.29, 0.717) is 5.56 Å². The molecule has 0 spiro atoms. The summed E-state index contributed by atoms with van der Waals surface area (Å²) >= 11 is 0. The van der Waals surface area contributed by atoms with Gasteiger partial charge < -0.3 is 5.32 Å². The molecule has 98 valence electrons. The molecule has 0 bridgehead atoms. The van der Waals surface area contributed by atoms with Crippen molar-refractivity contribution in [3.05, 3.63) is 66.7 Å². The van der Waals surface area contributed by atoms with Gasteiger partial charge in [0.2, 0.25) is 0 Å². The lowest BCUT2D eigenvalue weighted by atomic mass is 10.1. The average molecular weight is 264 g/mol. The van der Waals surface area contributed by atoms with E-state index < -0.39 is 0 Å². The molecule has 0 radical (unpaired) electrons. The normalized spacial score (nSPS) is 10.2. The zero-order valence-corrected chi connectivity index (χ0v) is 10.6. The summed E-state index contributed by atoms with van der Waals surface area (Å²) < 4.78 is 0. The number of pyridine rings is 1. The topological polar surface area (TPSA) is 70.7 Å². The number of carbonyl (C=O) groups is 1. The molecular weight excluding hydrogens is 252 g/mol. The van der Waals surface area contributed by atoms with Crippen LogP contribution in [0.15, 0.2) is 61.2 Å². The van der Waals surface area contributed by atoms with Gasteiger partial charge in [0, 0.05) is 24.3 Å². The van der Waals surface area contributed by atoms with Gasteiger partial charge in [0.15, 0.2) is 0 Å². The zero-order chi connectivity index (χ0) is 13.8. The van der Waals surface area contributed by atoms with Crippen molar-refractivity contribution in [3.8, 4) is 11.1 Å². The van der Waals surface area contributed by atoms with Crippen LogP contribution in [0.25, 0.3) is 11.1 Å². The first-order valence-electron chi connectivity index (χ1n) is 6.13. The molecule has 2 N–H and O–H groups in total. The first-order chi connectivity index (χ1) is 9.83. The minimum absolute atomic E-state index is 0.185. The number of rotatable bonds is 3. The van der Waals surface area contributed by atoms with Crippen molar-refractivity contribution in [1.82, 2.24) is 15.2 Å². The van der Waals surface area contributed by atoms with Crippen molar-refractivity contribution in [2.45, 2.75) is 0 Å². The molecule has 0 aliphatic carbocycles. The van der Waals surface area contributed by atoms with Crippen LogP contribution >= 0.6 is 0 Å². The van der Waals surface area contributed by atoms with Crippen LogP contribution in [-0.4, -0.2) is 21.1 Å². The average Bonchev–Trinajstić information content (AvgIpc) is 3.03. The van der Waals surface area contributed by atoms with Gasteiger partial charge in [-0.2, -0.15) is 5.10 Å². The number of nitrogens with zero attached hydrogens (tertiary/aromatic N) is 2. The summed E-state index contributed by atoms with van der Waals surface area (Å²) in [5.74, 6) is -0.185. The van der Waals surface area contributed by atoms with Gasteiger partial charge in [-0.15, -0.1) is 0 Å². The number of aromatic nitrogens is 3. The Kier molecular flexibility index (Phi) is 3.24. The minimum atomic E-state index is -0.185. The van der Waals surface area contributed by atoms with E-state index in [4.69, 9.17) is 0 Å². The second-order valence-corrected chi connectivity index (χ2v) is 4.25. The van der Waals surface area contributed by atoms with Crippen molar-refractivity contribution in [1.29, 1.82) is 0 Å². The standard InChI is InChI=1S/C15H12N4O/c20-15(13-9-17-18-10-13)19-14-3-1-11(2-4-14)12-5-7-16-8-6-12/h1-10H,(H,17,18)(H,19,20). The Morgan fingerprint density at radius 3 is 2.35 bits per heavy atom. The van der Waals surface area contributed by atoms with Crippen molar-refractivity contribution < 1.29 is 4.79 Å². The van der Waals surface area contributed by atoms with Crippen LogP contribution in [0.3, 0.4) is 0 Å². The summed E-state index contributed by atoms with van der Waals surface area (Å²) in [6.07, 6.45) is 6.55. The van der Waals surface area contributed by atoms with Gasteiger partial charge in [0.1, 0.15) is 0 Å². The summed E-state index contributed by atoms with van der Waals surface area (Å²) in [5.41, 5.74) is 3.42. The predicted octanol–water partition coefficient (Wildman–Crippen LogP) is 2.72. The monoisotopic (exact) mass is 264 g/mol. The number of anilines is 1. The van der Waals surface area contributed by atoms with Crippen molar-refractivity contribution in [2.24, 2.45) is 0 Å². The maximum absolute atomic E-state index is 11.9. The fourth-order valence-electron chi connectivity index (χ4n) is 1.87. The Hall–Kier alpha value is -2.95. The van der Waals surface area contributed by atoms with E-state index in [2.05, 4.69) is 20.5 Å². The Bertz CT molecular complexity index is 691. The molecule has 3 rings (SSSR count). The lowest BCUT2D eigenvalue weighted by Gasteiger charge is -2.05. The van der Waals surface area contributed by atoms with E-state index >= 15 is 0 Å². The van der Waals surface area contributed by atoms with Crippen LogP contribution in [0.4, 0.5) is 5.69 Å². The molecular formula is C15H12N4O. The Morgan fingerprint density at radius 1 is 1.00 bits per heavy atom. The fraction of sp³-hybridized carbons (Fsp3) is 0. The summed E-state index contributed by atoms with van der Waals surface area (Å²) in [7, 11) is 0. The van der Waals surface area contributed by atoms with Crippen LogP contribution in [0.5, 0.6) is 0 Å². The SMILES string of the molecule is O=C(Nc1ccc(-c2ccncc2)cc1)c1cn[nH]c1. The van der Waals surface area contributed by atoms with Crippen LogP contribution in [0, 0.1) is 0 Å². The molecule has 5 heteroatoms. The number of hydrogen-bond acceptors (Lipinski definition) is 3. The van der Waals surface area contributed by atoms with Crippen LogP contribution in [0.2, 0.25) is 0 Å². The molecule has 1 amide bonds. The van der Waals surface area contributed by atoms with Crippen LogP contribution in [0.1, 0.15) is 10.4 Å². The molecule has 0 saturated carbocycles. The highest BCUT2D eigenvalue weighted by atomic mass is 16.1. The number of nitrogens with one attached hydrogen (secondary N) is 2. The molecule has 0 saturated heterocycles. The number of hydrogen-bond donors (Lipinski definition) is 2. The van der Waals surface area contributed by atoms with Gasteiger partial charge in [-0.1, -0.05) is 12.1 Å². The molecule has 3 aromatic rings. The third kappa shape index (κ3) is 2.56. The summed E-state index contributed by atoms with van der Waals surface area (Å²) in [4.78, 5) is 15.8. The second-order valence-electron chi connectivity index (χ2n) is 4.25. The first kappa shape index (κ1) is 12.1. The van der Waals surface area contributed by atoms with Crippen LogP contribution in [-0.2, 0) is 0 Å². The molecule has 0 fully saturated rings. The van der Waals surface area contributed by atoms with E-state index in [1.165, 1.54) is 6.20 Å². The molecule has 2 heterocycles. The Morgan fingerprint density at radius 2 is 1.70 bits per heavy atom. The maximum Gasteiger partial charge on any atom is 0.258 e. The highest BCUT2D eigenvalue weighted by Crippen LogP contribution is 2.20. The maximum atomic E-state index is 11.9. The lowest BCUT2D eigenvalue weighted by Crippen LogP contribution is -2.10. The highest BCUT2D eigenvalue weighted by molar-refractivity contribution is 6.03. The first-order valence-corrected chi connectivity index (χ1v) is 6.13. The number of H-pyrrole nitrogens is 1. The van der Waals surface area contributed by atoms with Gasteiger partial charge >= 0.3 is 0 Å². The van der Waals surface area contributed by atoms with E-state index in [0.717, 1.165) is 16.8 Å². The van der Waals surface area contributed by atoms with Gasteiger partial charge in [0.05, 0.1) is 11.8 Å². The van der Waals surface area contributed by atoms with Crippen LogP contribution < -0.4 is 5.32 Å². The summed E-state index contributed by atoms with van der Waals surface area (Å²) in [6.45, 7) is 0. The van der Waals surface area contributed by atoms with Crippen molar-refractivity contribution in [2.75, 3.05) is 5.32 Å². The Balaban J connectivity index is 1.75.